The Labute approximate surface area is 199 Å². The van der Waals surface area contributed by atoms with Crippen LogP contribution in [0.25, 0.3) is 6.08 Å². The Hall–Kier alpha value is -2.15. The summed E-state index contributed by atoms with van der Waals surface area (Å²) in [6.45, 7) is 5.96. The fourth-order valence-electron chi connectivity index (χ4n) is 4.09. The number of unbranched alkanes of at least 4 members (excludes halogenated alkanes) is 1. The highest BCUT2D eigenvalue weighted by Crippen LogP contribution is 2.34. The molecular formula is C25H30ClN3O2S. The van der Waals surface area contributed by atoms with Crippen molar-refractivity contribution in [2.24, 2.45) is 0 Å². The number of carbonyl (C=O) groups is 1. The summed E-state index contributed by atoms with van der Waals surface area (Å²) in [5, 5.41) is 3.88. The number of carbonyl (C=O) groups excluding carboxylic acids is 1. The number of thioether (sulfide) groups is 1. The third-order valence-corrected chi connectivity index (χ3v) is 7.33. The van der Waals surface area contributed by atoms with Gasteiger partial charge in [0.1, 0.15) is 5.75 Å². The lowest BCUT2D eigenvalue weighted by molar-refractivity contribution is -0.117. The lowest BCUT2D eigenvalue weighted by Crippen LogP contribution is -2.46. The van der Waals surface area contributed by atoms with Crippen LogP contribution in [0.1, 0.15) is 18.4 Å². The minimum absolute atomic E-state index is 0.0427. The third-order valence-electron chi connectivity index (χ3n) is 5.95. The number of benzene rings is 2. The molecule has 1 fully saturated rings. The van der Waals surface area contributed by atoms with Crippen molar-refractivity contribution in [2.75, 3.05) is 57.0 Å². The van der Waals surface area contributed by atoms with Gasteiger partial charge in [0.25, 0.3) is 0 Å². The van der Waals surface area contributed by atoms with Crippen LogP contribution in [0, 0.1) is 0 Å². The van der Waals surface area contributed by atoms with Crippen LogP contribution in [-0.2, 0) is 4.79 Å². The molecule has 0 saturated carbocycles. The maximum Gasteiger partial charge on any atom is 0.248 e. The molecule has 0 atom stereocenters. The van der Waals surface area contributed by atoms with Crippen LogP contribution < -0.4 is 15.0 Å². The average Bonchev–Trinajstić information content (AvgIpc) is 2.83. The summed E-state index contributed by atoms with van der Waals surface area (Å²) in [6, 6.07) is 14.1. The molecule has 170 valence electrons. The van der Waals surface area contributed by atoms with Crippen molar-refractivity contribution in [1.82, 2.24) is 10.2 Å². The van der Waals surface area contributed by atoms with Crippen molar-refractivity contribution in [1.29, 1.82) is 0 Å². The molecule has 2 aromatic rings. The number of anilines is 1. The molecule has 32 heavy (non-hydrogen) atoms. The summed E-state index contributed by atoms with van der Waals surface area (Å²) in [5.41, 5.74) is 3.09. The van der Waals surface area contributed by atoms with Gasteiger partial charge in [0.2, 0.25) is 5.91 Å². The van der Waals surface area contributed by atoms with Gasteiger partial charge in [-0.2, -0.15) is 0 Å². The van der Waals surface area contributed by atoms with Crippen molar-refractivity contribution < 1.29 is 9.53 Å². The summed E-state index contributed by atoms with van der Waals surface area (Å²) in [7, 11) is 1.66. The van der Waals surface area contributed by atoms with Gasteiger partial charge in [-0.15, -0.1) is 11.8 Å². The zero-order valence-corrected chi connectivity index (χ0v) is 20.1. The van der Waals surface area contributed by atoms with E-state index >= 15 is 0 Å². The summed E-state index contributed by atoms with van der Waals surface area (Å²) in [4.78, 5) is 18.7. The number of nitrogens with one attached hydrogen (secondary N) is 1. The van der Waals surface area contributed by atoms with E-state index in [4.69, 9.17) is 16.3 Å². The Morgan fingerprint density at radius 3 is 2.75 bits per heavy atom. The fraction of sp³-hybridized carbons (Fsp3) is 0.400. The van der Waals surface area contributed by atoms with Gasteiger partial charge >= 0.3 is 0 Å². The molecule has 4 rings (SSSR count). The van der Waals surface area contributed by atoms with Gasteiger partial charge in [0.05, 0.1) is 7.11 Å². The average molecular weight is 472 g/mol. The van der Waals surface area contributed by atoms with Crippen molar-refractivity contribution in [3.05, 3.63) is 58.6 Å². The van der Waals surface area contributed by atoms with Crippen LogP contribution in [0.15, 0.2) is 52.9 Å². The lowest BCUT2D eigenvalue weighted by Gasteiger charge is -2.36. The molecule has 5 nitrogen and oxygen atoms in total. The van der Waals surface area contributed by atoms with Gasteiger partial charge in [-0.05, 0) is 67.4 Å². The van der Waals surface area contributed by atoms with Gasteiger partial charge in [-0.3, -0.25) is 9.69 Å². The van der Waals surface area contributed by atoms with E-state index in [0.29, 0.717) is 12.3 Å². The van der Waals surface area contributed by atoms with E-state index in [0.717, 1.165) is 67.5 Å². The monoisotopic (exact) mass is 471 g/mol. The first-order valence-corrected chi connectivity index (χ1v) is 12.5. The molecule has 0 spiro atoms. The molecule has 2 aliphatic heterocycles. The lowest BCUT2D eigenvalue weighted by atomic mass is 10.1. The van der Waals surface area contributed by atoms with Crippen LogP contribution in [0.5, 0.6) is 5.75 Å². The zero-order valence-electron chi connectivity index (χ0n) is 18.5. The molecule has 0 unspecified atom stereocenters. The quantitative estimate of drug-likeness (QED) is 0.572. The number of nitrogens with zero attached hydrogens (tertiary/aromatic N) is 2. The predicted molar refractivity (Wildman–Crippen MR) is 134 cm³/mol. The van der Waals surface area contributed by atoms with Crippen LogP contribution in [0.4, 0.5) is 5.69 Å². The Morgan fingerprint density at radius 2 is 1.97 bits per heavy atom. The highest BCUT2D eigenvalue weighted by molar-refractivity contribution is 7.99. The third kappa shape index (κ3) is 6.00. The SMILES string of the molecule is COc1ccc2c(c1)C=C(C(=O)NCCCCN1CCN(c3cccc(Cl)c3)CC1)CS2. The summed E-state index contributed by atoms with van der Waals surface area (Å²) in [6.07, 6.45) is 4.07. The summed E-state index contributed by atoms with van der Waals surface area (Å²) >= 11 is 7.82. The van der Waals surface area contributed by atoms with Gasteiger partial charge in [0, 0.05) is 59.7 Å². The molecule has 0 radical (unpaired) electrons. The number of halogens is 1. The minimum Gasteiger partial charge on any atom is -0.497 e. The number of fused-ring (bicyclic) bond motifs is 1. The van der Waals surface area contributed by atoms with Gasteiger partial charge in [-0.25, -0.2) is 0 Å². The van der Waals surface area contributed by atoms with Crippen molar-refractivity contribution in [2.45, 2.75) is 17.7 Å². The zero-order chi connectivity index (χ0) is 22.3. The molecule has 1 N–H and O–H groups in total. The Bertz CT molecular complexity index is 973. The molecule has 7 heteroatoms. The van der Waals surface area contributed by atoms with Crippen LogP contribution in [0.2, 0.25) is 5.02 Å². The van der Waals surface area contributed by atoms with Gasteiger partial charge < -0.3 is 15.0 Å². The van der Waals surface area contributed by atoms with Crippen molar-refractivity contribution >= 4 is 41.0 Å². The standard InChI is InChI=1S/C25H30ClN3O2S/c1-31-23-7-8-24-19(16-23)15-20(18-32-24)25(30)27-9-2-3-10-28-11-13-29(14-12-28)22-6-4-5-21(26)17-22/h4-8,15-17H,2-3,9-14,18H2,1H3,(H,27,30). The first-order valence-electron chi connectivity index (χ1n) is 11.1. The molecule has 0 bridgehead atoms. The number of ether oxygens (including phenoxy) is 1. The van der Waals surface area contributed by atoms with E-state index in [1.54, 1.807) is 18.9 Å². The number of rotatable bonds is 8. The van der Waals surface area contributed by atoms with E-state index in [9.17, 15) is 4.79 Å². The number of methoxy groups -OCH3 is 1. The number of piperazine rings is 1. The number of hydrogen-bond acceptors (Lipinski definition) is 5. The van der Waals surface area contributed by atoms with Crippen LogP contribution >= 0.6 is 23.4 Å². The molecule has 1 saturated heterocycles. The molecule has 0 aliphatic carbocycles. The van der Waals surface area contributed by atoms with E-state index in [1.165, 1.54) is 10.6 Å². The minimum atomic E-state index is 0.0427. The smallest absolute Gasteiger partial charge is 0.248 e. The van der Waals surface area contributed by atoms with Crippen LogP contribution in [0.3, 0.4) is 0 Å². The highest BCUT2D eigenvalue weighted by atomic mass is 35.5. The molecule has 2 heterocycles. The fourth-order valence-corrected chi connectivity index (χ4v) is 5.25. The summed E-state index contributed by atoms with van der Waals surface area (Å²) < 4.78 is 5.30. The second-order valence-electron chi connectivity index (χ2n) is 8.13. The topological polar surface area (TPSA) is 44.8 Å². The Kier molecular flexibility index (Phi) is 8.00. The second kappa shape index (κ2) is 11.1. The molecular weight excluding hydrogens is 442 g/mol. The molecule has 2 aliphatic rings. The number of amides is 1. The van der Waals surface area contributed by atoms with Crippen molar-refractivity contribution in [3.63, 3.8) is 0 Å². The summed E-state index contributed by atoms with van der Waals surface area (Å²) in [5.74, 6) is 1.57. The molecule has 1 amide bonds. The maximum atomic E-state index is 12.6. The number of hydrogen-bond donors (Lipinski definition) is 1. The first-order chi connectivity index (χ1) is 15.6. The van der Waals surface area contributed by atoms with E-state index < -0.39 is 0 Å². The van der Waals surface area contributed by atoms with Gasteiger partial charge in [-0.1, -0.05) is 17.7 Å². The maximum absolute atomic E-state index is 12.6. The first kappa shape index (κ1) is 23.0. The van der Waals surface area contributed by atoms with E-state index in [1.807, 2.05) is 36.4 Å². The highest BCUT2D eigenvalue weighted by Gasteiger charge is 2.18. The van der Waals surface area contributed by atoms with Crippen molar-refractivity contribution in [3.8, 4) is 5.75 Å². The van der Waals surface area contributed by atoms with Gasteiger partial charge in [0.15, 0.2) is 0 Å². The molecule has 0 aromatic heterocycles. The Balaban J connectivity index is 1.15. The van der Waals surface area contributed by atoms with E-state index in [2.05, 4.69) is 27.2 Å². The normalized spacial score (nSPS) is 16.3. The van der Waals surface area contributed by atoms with Crippen LogP contribution in [-0.4, -0.2) is 62.9 Å². The van der Waals surface area contributed by atoms with E-state index in [-0.39, 0.29) is 5.91 Å². The Morgan fingerprint density at radius 1 is 1.12 bits per heavy atom. The predicted octanol–water partition coefficient (Wildman–Crippen LogP) is 4.56. The largest absolute Gasteiger partial charge is 0.497 e. The molecule has 2 aromatic carbocycles. The second-order valence-corrected chi connectivity index (χ2v) is 9.59.